The van der Waals surface area contributed by atoms with E-state index in [4.69, 9.17) is 0 Å². The minimum atomic E-state index is -1.60. The van der Waals surface area contributed by atoms with E-state index in [0.717, 1.165) is 25.2 Å². The number of alkyl halides is 1. The number of fused-ring (bicyclic) bond motifs is 1. The second kappa shape index (κ2) is 9.72. The molecule has 0 spiro atoms. The van der Waals surface area contributed by atoms with E-state index in [-0.39, 0.29) is 29.0 Å². The zero-order valence-corrected chi connectivity index (χ0v) is 19.9. The first kappa shape index (κ1) is 23.6. The average molecular weight is 464 g/mol. The number of nitrogens with one attached hydrogen (secondary N) is 4. The summed E-state index contributed by atoms with van der Waals surface area (Å²) in [7, 11) is 0. The minimum Gasteiger partial charge on any atom is -0.350 e. The second-order valence-electron chi connectivity index (χ2n) is 9.12. The molecular formula is C25H30FN7O. The van der Waals surface area contributed by atoms with Crippen molar-refractivity contribution in [3.05, 3.63) is 65.0 Å². The van der Waals surface area contributed by atoms with Crippen molar-refractivity contribution in [2.24, 2.45) is 0 Å². The summed E-state index contributed by atoms with van der Waals surface area (Å²) in [6, 6.07) is 11.1. The number of rotatable bonds is 7. The Labute approximate surface area is 198 Å². The lowest BCUT2D eigenvalue weighted by Crippen LogP contribution is -2.31. The Bertz CT molecular complexity index is 1190. The van der Waals surface area contributed by atoms with Gasteiger partial charge in [-0.25, -0.2) is 14.4 Å². The van der Waals surface area contributed by atoms with E-state index in [1.165, 1.54) is 31.2 Å². The summed E-state index contributed by atoms with van der Waals surface area (Å²) in [5.74, 6) is 0.670. The molecule has 0 saturated heterocycles. The summed E-state index contributed by atoms with van der Waals surface area (Å²) in [4.78, 5) is 26.0. The van der Waals surface area contributed by atoms with Crippen LogP contribution >= 0.6 is 0 Å². The van der Waals surface area contributed by atoms with Crippen LogP contribution in [0.2, 0.25) is 0 Å². The Morgan fingerprint density at radius 2 is 1.94 bits per heavy atom. The summed E-state index contributed by atoms with van der Waals surface area (Å²) in [6.07, 6.45) is 2.47. The predicted molar refractivity (Wildman–Crippen MR) is 131 cm³/mol. The highest BCUT2D eigenvalue weighted by molar-refractivity contribution is 5.99. The van der Waals surface area contributed by atoms with Crippen LogP contribution < -0.4 is 21.3 Å². The molecule has 178 valence electrons. The molecule has 0 bridgehead atoms. The molecule has 3 aromatic rings. The lowest BCUT2D eigenvalue weighted by Gasteiger charge is -2.18. The summed E-state index contributed by atoms with van der Waals surface area (Å²) in [6.45, 7) is 8.44. The number of aromatic nitrogens is 3. The number of benzene rings is 1. The molecule has 2 aromatic heterocycles. The first-order chi connectivity index (χ1) is 16.2. The van der Waals surface area contributed by atoms with E-state index in [9.17, 15) is 9.18 Å². The van der Waals surface area contributed by atoms with Crippen LogP contribution in [0.1, 0.15) is 54.9 Å². The molecule has 0 atom stereocenters. The number of carbonyl (C=O) groups is 1. The molecule has 1 aromatic carbocycles. The van der Waals surface area contributed by atoms with Crippen LogP contribution in [0.5, 0.6) is 0 Å². The molecule has 0 aliphatic carbocycles. The van der Waals surface area contributed by atoms with Crippen molar-refractivity contribution >= 4 is 29.2 Å². The Morgan fingerprint density at radius 1 is 1.12 bits per heavy atom. The number of halogens is 1. The van der Waals surface area contributed by atoms with Gasteiger partial charge in [-0.15, -0.1) is 0 Å². The first-order valence-corrected chi connectivity index (χ1v) is 11.4. The molecule has 34 heavy (non-hydrogen) atoms. The van der Waals surface area contributed by atoms with Crippen molar-refractivity contribution in [2.45, 2.75) is 52.4 Å². The van der Waals surface area contributed by atoms with Crippen molar-refractivity contribution in [1.29, 1.82) is 0 Å². The number of anilines is 4. The number of amides is 1. The van der Waals surface area contributed by atoms with Crippen LogP contribution in [-0.4, -0.2) is 33.4 Å². The third-order valence-corrected chi connectivity index (χ3v) is 5.41. The van der Waals surface area contributed by atoms with Crippen LogP contribution in [0.3, 0.4) is 0 Å². The Kier molecular flexibility index (Phi) is 6.74. The van der Waals surface area contributed by atoms with Crippen LogP contribution in [0.25, 0.3) is 0 Å². The lowest BCUT2D eigenvalue weighted by molar-refractivity contribution is 0.0943. The largest absolute Gasteiger partial charge is 0.350 e. The highest BCUT2D eigenvalue weighted by Gasteiger charge is 2.22. The Balaban J connectivity index is 1.65. The van der Waals surface area contributed by atoms with Crippen molar-refractivity contribution in [3.63, 3.8) is 0 Å². The third kappa shape index (κ3) is 5.66. The fourth-order valence-electron chi connectivity index (χ4n) is 3.69. The maximum atomic E-state index is 14.4. The number of pyridine rings is 1. The fourth-order valence-corrected chi connectivity index (χ4v) is 3.69. The van der Waals surface area contributed by atoms with Gasteiger partial charge < -0.3 is 21.3 Å². The van der Waals surface area contributed by atoms with Gasteiger partial charge in [0.2, 0.25) is 5.95 Å². The van der Waals surface area contributed by atoms with E-state index in [1.807, 2.05) is 19.9 Å². The summed E-state index contributed by atoms with van der Waals surface area (Å²) in [5.41, 5.74) is 2.36. The second-order valence-corrected chi connectivity index (χ2v) is 9.12. The van der Waals surface area contributed by atoms with Crippen molar-refractivity contribution in [3.8, 4) is 0 Å². The molecule has 4 N–H and O–H groups in total. The average Bonchev–Trinajstić information content (AvgIpc) is 2.78. The fraction of sp³-hybridized carbons (Fsp3) is 0.360. The first-order valence-electron chi connectivity index (χ1n) is 11.4. The maximum absolute atomic E-state index is 14.4. The number of nitrogens with zero attached hydrogens (tertiary/aromatic N) is 3. The van der Waals surface area contributed by atoms with Gasteiger partial charge in [0.15, 0.2) is 0 Å². The standard InChI is InChI=1S/C25H30FN7O/c1-15(2)29-23(34)19-14-28-24(30-18-9-8-16-10-11-27-13-17(16)12-18)33-22(19)32-21-7-5-6-20(31-21)25(3,4)26/h5-9,12,14-15,27H,10-11,13H2,1-4H3,(H,29,34)(H2,28,30,31,32,33). The van der Waals surface area contributed by atoms with Crippen molar-refractivity contribution in [1.82, 2.24) is 25.6 Å². The normalized spacial score (nSPS) is 13.4. The quantitative estimate of drug-likeness (QED) is 0.413. The van der Waals surface area contributed by atoms with Crippen LogP contribution in [-0.2, 0) is 18.6 Å². The van der Waals surface area contributed by atoms with E-state index in [0.29, 0.717) is 11.8 Å². The minimum absolute atomic E-state index is 0.0592. The van der Waals surface area contributed by atoms with Gasteiger partial charge in [-0.2, -0.15) is 4.98 Å². The Hall–Kier alpha value is -3.59. The Morgan fingerprint density at radius 3 is 2.71 bits per heavy atom. The highest BCUT2D eigenvalue weighted by atomic mass is 19.1. The SMILES string of the molecule is CC(C)NC(=O)c1cnc(Nc2ccc3c(c2)CNCC3)nc1Nc1cccc(C(C)(C)F)n1. The predicted octanol–water partition coefficient (Wildman–Crippen LogP) is 4.35. The summed E-state index contributed by atoms with van der Waals surface area (Å²) < 4.78 is 14.4. The van der Waals surface area contributed by atoms with Gasteiger partial charge >= 0.3 is 0 Å². The van der Waals surface area contributed by atoms with Gasteiger partial charge in [-0.05, 0) is 76.1 Å². The molecule has 0 fully saturated rings. The van der Waals surface area contributed by atoms with Gasteiger partial charge in [0.05, 0.1) is 5.69 Å². The van der Waals surface area contributed by atoms with Gasteiger partial charge in [0, 0.05) is 24.5 Å². The zero-order chi connectivity index (χ0) is 24.3. The smallest absolute Gasteiger partial charge is 0.256 e. The topological polar surface area (TPSA) is 104 Å². The van der Waals surface area contributed by atoms with E-state index >= 15 is 0 Å². The number of carbonyl (C=O) groups excluding carboxylic acids is 1. The van der Waals surface area contributed by atoms with Gasteiger partial charge in [-0.3, -0.25) is 4.79 Å². The summed E-state index contributed by atoms with van der Waals surface area (Å²) in [5, 5.41) is 12.5. The molecule has 9 heteroatoms. The van der Waals surface area contributed by atoms with Crippen LogP contribution in [0.15, 0.2) is 42.6 Å². The molecule has 8 nitrogen and oxygen atoms in total. The van der Waals surface area contributed by atoms with E-state index in [1.54, 1.807) is 18.2 Å². The molecule has 1 aliphatic heterocycles. The van der Waals surface area contributed by atoms with Crippen molar-refractivity contribution < 1.29 is 9.18 Å². The highest BCUT2D eigenvalue weighted by Crippen LogP contribution is 2.26. The molecule has 1 amide bonds. The van der Waals surface area contributed by atoms with Crippen molar-refractivity contribution in [2.75, 3.05) is 17.2 Å². The summed E-state index contributed by atoms with van der Waals surface area (Å²) >= 11 is 0. The zero-order valence-electron chi connectivity index (χ0n) is 19.9. The third-order valence-electron chi connectivity index (χ3n) is 5.41. The van der Waals surface area contributed by atoms with Crippen LogP contribution in [0, 0.1) is 0 Å². The molecule has 0 radical (unpaired) electrons. The van der Waals surface area contributed by atoms with Gasteiger partial charge in [0.1, 0.15) is 22.9 Å². The molecule has 0 unspecified atom stereocenters. The van der Waals surface area contributed by atoms with Gasteiger partial charge in [0.25, 0.3) is 5.91 Å². The molecule has 3 heterocycles. The van der Waals surface area contributed by atoms with Crippen LogP contribution in [0.4, 0.5) is 27.7 Å². The molecular weight excluding hydrogens is 433 g/mol. The maximum Gasteiger partial charge on any atom is 0.256 e. The molecule has 0 saturated carbocycles. The van der Waals surface area contributed by atoms with E-state index in [2.05, 4.69) is 48.4 Å². The lowest BCUT2D eigenvalue weighted by atomic mass is 10.0. The number of hydrogen-bond donors (Lipinski definition) is 4. The monoisotopic (exact) mass is 463 g/mol. The van der Waals surface area contributed by atoms with E-state index < -0.39 is 5.67 Å². The molecule has 1 aliphatic rings. The van der Waals surface area contributed by atoms with Gasteiger partial charge in [-0.1, -0.05) is 12.1 Å². The molecule has 4 rings (SSSR count). The number of hydrogen-bond acceptors (Lipinski definition) is 7.